The van der Waals surface area contributed by atoms with E-state index in [1.165, 1.54) is 12.1 Å². The van der Waals surface area contributed by atoms with Crippen molar-refractivity contribution in [1.82, 2.24) is 0 Å². The number of rotatable bonds is 4. The van der Waals surface area contributed by atoms with Gasteiger partial charge in [0.2, 0.25) is 0 Å². The van der Waals surface area contributed by atoms with Crippen molar-refractivity contribution < 1.29 is 19.0 Å². The van der Waals surface area contributed by atoms with Crippen molar-refractivity contribution in [3.8, 4) is 5.75 Å². The van der Waals surface area contributed by atoms with Crippen LogP contribution in [0.25, 0.3) is 0 Å². The zero-order valence-electron chi connectivity index (χ0n) is 13.5. The molecule has 1 aliphatic rings. The molecule has 2 unspecified atom stereocenters. The molecule has 1 aliphatic carbocycles. The number of ether oxygens (including phenoxy) is 1. The molecular weight excluding hydrogens is 309 g/mol. The van der Waals surface area contributed by atoms with Gasteiger partial charge in [-0.25, -0.2) is 4.39 Å². The number of aliphatic carboxylic acids is 1. The summed E-state index contributed by atoms with van der Waals surface area (Å²) in [6.45, 7) is 0. The van der Waals surface area contributed by atoms with Gasteiger partial charge < -0.3 is 15.6 Å². The number of hydrogen-bond donors (Lipinski definition) is 2. The summed E-state index contributed by atoms with van der Waals surface area (Å²) in [5.74, 6) is -0.723. The molecule has 126 valence electrons. The van der Waals surface area contributed by atoms with Crippen LogP contribution in [0.15, 0.2) is 36.4 Å². The van der Waals surface area contributed by atoms with Crippen molar-refractivity contribution in [2.45, 2.75) is 31.2 Å². The summed E-state index contributed by atoms with van der Waals surface area (Å²) >= 11 is 0. The van der Waals surface area contributed by atoms with Crippen molar-refractivity contribution in [3.63, 3.8) is 0 Å². The van der Waals surface area contributed by atoms with E-state index in [0.717, 1.165) is 34.4 Å². The lowest BCUT2D eigenvalue weighted by Crippen LogP contribution is -2.32. The summed E-state index contributed by atoms with van der Waals surface area (Å²) in [5.41, 5.74) is 9.80. The number of hydrogen-bond acceptors (Lipinski definition) is 3. The second kappa shape index (κ2) is 6.61. The summed E-state index contributed by atoms with van der Waals surface area (Å²) in [4.78, 5) is 11.2. The molecule has 0 aliphatic heterocycles. The zero-order valence-corrected chi connectivity index (χ0v) is 13.5. The molecule has 0 radical (unpaired) electrons. The number of carboxylic acids is 1. The Morgan fingerprint density at radius 1 is 1.25 bits per heavy atom. The molecule has 2 aromatic carbocycles. The summed E-state index contributed by atoms with van der Waals surface area (Å²) in [6.07, 6.45) is 1.72. The van der Waals surface area contributed by atoms with Crippen molar-refractivity contribution in [2.75, 3.05) is 7.11 Å². The lowest BCUT2D eigenvalue weighted by molar-refractivity contribution is -0.138. The molecule has 0 amide bonds. The Morgan fingerprint density at radius 2 is 1.88 bits per heavy atom. The summed E-state index contributed by atoms with van der Waals surface area (Å²) in [7, 11) is 1.61. The predicted octanol–water partition coefficient (Wildman–Crippen LogP) is 2.87. The second-order valence-electron chi connectivity index (χ2n) is 6.14. The first kappa shape index (κ1) is 16.5. The third-order valence-electron chi connectivity index (χ3n) is 4.68. The molecular formula is C19H20FNO3. The fraction of sp³-hybridized carbons (Fsp3) is 0.316. The van der Waals surface area contributed by atoms with Crippen LogP contribution >= 0.6 is 0 Å². The van der Waals surface area contributed by atoms with Crippen molar-refractivity contribution in [1.29, 1.82) is 0 Å². The van der Waals surface area contributed by atoms with Crippen molar-refractivity contribution >= 4 is 5.97 Å². The maximum Gasteiger partial charge on any atom is 0.320 e. The van der Waals surface area contributed by atoms with Gasteiger partial charge in [0.15, 0.2) is 0 Å². The highest BCUT2D eigenvalue weighted by Crippen LogP contribution is 2.38. The maximum absolute atomic E-state index is 13.7. The molecule has 5 heteroatoms. The standard InChI is InChI=1S/C19H20FNO3/c1-24-14-5-7-16-12(9-14)3-2-11-8-13(20)4-6-15(11)17(16)10-18(21)19(22)23/h4-9,17-18H,2-3,10,21H2,1H3,(H,22,23). The third-order valence-corrected chi connectivity index (χ3v) is 4.68. The van der Waals surface area contributed by atoms with Gasteiger partial charge in [0.05, 0.1) is 7.11 Å². The van der Waals surface area contributed by atoms with E-state index in [1.807, 2.05) is 18.2 Å². The Bertz CT molecular complexity index is 775. The predicted molar refractivity (Wildman–Crippen MR) is 88.9 cm³/mol. The van der Waals surface area contributed by atoms with E-state index in [2.05, 4.69) is 0 Å². The highest BCUT2D eigenvalue weighted by Gasteiger charge is 2.28. The van der Waals surface area contributed by atoms with Gasteiger partial charge in [-0.3, -0.25) is 4.79 Å². The molecule has 24 heavy (non-hydrogen) atoms. The summed E-state index contributed by atoms with van der Waals surface area (Å²) < 4.78 is 18.9. The lowest BCUT2D eigenvalue weighted by Gasteiger charge is -2.22. The van der Waals surface area contributed by atoms with E-state index in [9.17, 15) is 14.3 Å². The third kappa shape index (κ3) is 3.12. The van der Waals surface area contributed by atoms with Gasteiger partial charge in [-0.2, -0.15) is 0 Å². The quantitative estimate of drug-likeness (QED) is 0.905. The first-order chi connectivity index (χ1) is 11.5. The van der Waals surface area contributed by atoms with Crippen LogP contribution in [-0.4, -0.2) is 24.2 Å². The normalized spacial score (nSPS) is 17.4. The van der Waals surface area contributed by atoms with Gasteiger partial charge in [0.25, 0.3) is 0 Å². The molecule has 0 saturated heterocycles. The van der Waals surface area contributed by atoms with Gasteiger partial charge in [-0.1, -0.05) is 12.1 Å². The van der Waals surface area contributed by atoms with Gasteiger partial charge in [-0.15, -0.1) is 0 Å². The average Bonchev–Trinajstić information content (AvgIpc) is 2.71. The first-order valence-electron chi connectivity index (χ1n) is 7.93. The molecule has 0 heterocycles. The van der Waals surface area contributed by atoms with E-state index in [1.54, 1.807) is 13.2 Å². The van der Waals surface area contributed by atoms with Crippen molar-refractivity contribution in [2.24, 2.45) is 5.73 Å². The minimum Gasteiger partial charge on any atom is -0.497 e. The number of carbonyl (C=O) groups is 1. The van der Waals surface area contributed by atoms with Crippen LogP contribution in [0.4, 0.5) is 4.39 Å². The fourth-order valence-corrected chi connectivity index (χ4v) is 3.44. The SMILES string of the molecule is COc1ccc2c(c1)CCc1cc(F)ccc1C2CC(N)C(=O)O. The average molecular weight is 329 g/mol. The van der Waals surface area contributed by atoms with Gasteiger partial charge in [0, 0.05) is 5.92 Å². The Labute approximate surface area is 140 Å². The Kier molecular flexibility index (Phi) is 4.53. The minimum absolute atomic E-state index is 0.171. The van der Waals surface area contributed by atoms with Crippen molar-refractivity contribution in [3.05, 3.63) is 64.5 Å². The zero-order chi connectivity index (χ0) is 17.3. The maximum atomic E-state index is 13.7. The summed E-state index contributed by atoms with van der Waals surface area (Å²) in [5, 5.41) is 9.20. The van der Waals surface area contributed by atoms with Gasteiger partial charge in [-0.05, 0) is 65.8 Å². The van der Waals surface area contributed by atoms with Crippen LogP contribution in [0.1, 0.15) is 34.6 Å². The number of carboxylic acid groups (broad SMARTS) is 1. The van der Waals surface area contributed by atoms with Crippen LogP contribution in [-0.2, 0) is 17.6 Å². The second-order valence-corrected chi connectivity index (χ2v) is 6.14. The minimum atomic E-state index is -1.03. The molecule has 0 fully saturated rings. The van der Waals surface area contributed by atoms with Gasteiger partial charge >= 0.3 is 5.97 Å². The monoisotopic (exact) mass is 329 g/mol. The number of fused-ring (bicyclic) bond motifs is 2. The number of methoxy groups -OCH3 is 1. The molecule has 3 N–H and O–H groups in total. The fourth-order valence-electron chi connectivity index (χ4n) is 3.44. The highest BCUT2D eigenvalue weighted by molar-refractivity contribution is 5.73. The number of benzene rings is 2. The molecule has 2 atom stereocenters. The Hall–Kier alpha value is -2.40. The molecule has 0 bridgehead atoms. The molecule has 0 aromatic heterocycles. The number of nitrogens with two attached hydrogens (primary N) is 1. The first-order valence-corrected chi connectivity index (χ1v) is 7.93. The largest absolute Gasteiger partial charge is 0.497 e. The van der Waals surface area contributed by atoms with Crippen LogP contribution in [0.2, 0.25) is 0 Å². The number of halogens is 1. The lowest BCUT2D eigenvalue weighted by atomic mass is 9.83. The van der Waals surface area contributed by atoms with E-state index >= 15 is 0 Å². The molecule has 0 saturated carbocycles. The molecule has 2 aromatic rings. The Morgan fingerprint density at radius 3 is 2.50 bits per heavy atom. The van der Waals surface area contributed by atoms with Crippen LogP contribution in [0.3, 0.4) is 0 Å². The van der Waals surface area contributed by atoms with E-state index in [4.69, 9.17) is 10.5 Å². The summed E-state index contributed by atoms with van der Waals surface area (Å²) in [6, 6.07) is 9.55. The Balaban J connectivity index is 2.11. The van der Waals surface area contributed by atoms with Crippen LogP contribution in [0, 0.1) is 5.82 Å². The highest BCUT2D eigenvalue weighted by atomic mass is 19.1. The van der Waals surface area contributed by atoms with Crippen LogP contribution < -0.4 is 10.5 Å². The number of aryl methyl sites for hydroxylation is 2. The van der Waals surface area contributed by atoms with Gasteiger partial charge in [0.1, 0.15) is 17.6 Å². The topological polar surface area (TPSA) is 72.5 Å². The molecule has 3 rings (SSSR count). The van der Waals surface area contributed by atoms with E-state index < -0.39 is 12.0 Å². The molecule has 0 spiro atoms. The molecule has 4 nitrogen and oxygen atoms in total. The van der Waals surface area contributed by atoms with Crippen LogP contribution in [0.5, 0.6) is 5.75 Å². The van der Waals surface area contributed by atoms with E-state index in [0.29, 0.717) is 6.42 Å². The van der Waals surface area contributed by atoms with E-state index in [-0.39, 0.29) is 18.2 Å². The smallest absolute Gasteiger partial charge is 0.320 e.